The fraction of sp³-hybridized carbons (Fsp3) is 0.636. The maximum atomic E-state index is 11.8. The molecule has 18 heavy (non-hydrogen) atoms. The molecule has 1 saturated carbocycles. The van der Waals surface area contributed by atoms with E-state index in [2.05, 4.69) is 20.5 Å². The first kappa shape index (κ1) is 12.5. The zero-order chi connectivity index (χ0) is 13.2. The van der Waals surface area contributed by atoms with Crippen LogP contribution >= 0.6 is 0 Å². The summed E-state index contributed by atoms with van der Waals surface area (Å²) in [6.07, 6.45) is 4.28. The average Bonchev–Trinajstić information content (AvgIpc) is 2.85. The summed E-state index contributed by atoms with van der Waals surface area (Å²) in [5, 5.41) is 18.1. The summed E-state index contributed by atoms with van der Waals surface area (Å²) >= 11 is 0. The summed E-state index contributed by atoms with van der Waals surface area (Å²) in [4.78, 5) is 27.0. The van der Waals surface area contributed by atoms with Crippen molar-refractivity contribution in [1.82, 2.24) is 20.5 Å². The van der Waals surface area contributed by atoms with Gasteiger partial charge in [0.15, 0.2) is 0 Å². The molecule has 1 aromatic rings. The number of carboxylic acids is 1. The number of aromatic nitrogens is 3. The summed E-state index contributed by atoms with van der Waals surface area (Å²) in [5.41, 5.74) is -0.909. The first-order chi connectivity index (χ1) is 8.54. The zero-order valence-electron chi connectivity index (χ0n) is 10.1. The number of aliphatic carboxylic acids is 1. The van der Waals surface area contributed by atoms with Crippen molar-refractivity contribution in [3.05, 3.63) is 12.2 Å². The molecule has 1 aliphatic carbocycles. The molecule has 0 radical (unpaired) electrons. The van der Waals surface area contributed by atoms with Crippen LogP contribution in [-0.4, -0.2) is 38.2 Å². The fourth-order valence-electron chi connectivity index (χ4n) is 2.36. The minimum atomic E-state index is -0.909. The number of hydrogen-bond donors (Lipinski definition) is 3. The van der Waals surface area contributed by atoms with Crippen molar-refractivity contribution in [2.75, 3.05) is 0 Å². The molecule has 1 fully saturated rings. The van der Waals surface area contributed by atoms with E-state index in [0.717, 1.165) is 12.8 Å². The lowest BCUT2D eigenvalue weighted by Gasteiger charge is -2.38. The van der Waals surface area contributed by atoms with E-state index < -0.39 is 17.3 Å². The largest absolute Gasteiger partial charge is 0.481 e. The van der Waals surface area contributed by atoms with Gasteiger partial charge in [0.05, 0.1) is 5.41 Å². The van der Waals surface area contributed by atoms with E-state index in [0.29, 0.717) is 12.8 Å². The Kier molecular flexibility index (Phi) is 3.31. The highest BCUT2D eigenvalue weighted by Gasteiger charge is 2.44. The number of H-pyrrole nitrogens is 1. The Morgan fingerprint density at radius 2 is 2.33 bits per heavy atom. The van der Waals surface area contributed by atoms with Crippen molar-refractivity contribution >= 4 is 11.9 Å². The van der Waals surface area contributed by atoms with Gasteiger partial charge >= 0.3 is 5.97 Å². The molecule has 2 unspecified atom stereocenters. The molecule has 2 atom stereocenters. The van der Waals surface area contributed by atoms with Crippen LogP contribution in [0.15, 0.2) is 6.33 Å². The lowest BCUT2D eigenvalue weighted by Crippen LogP contribution is -2.52. The summed E-state index contributed by atoms with van der Waals surface area (Å²) < 4.78 is 0. The molecular weight excluding hydrogens is 236 g/mol. The number of aromatic amines is 1. The third-order valence-electron chi connectivity index (χ3n) is 3.63. The van der Waals surface area contributed by atoms with E-state index in [4.69, 9.17) is 0 Å². The summed E-state index contributed by atoms with van der Waals surface area (Å²) in [7, 11) is 0. The van der Waals surface area contributed by atoms with Crippen LogP contribution in [0.4, 0.5) is 0 Å². The number of carbonyl (C=O) groups excluding carboxylic acids is 1. The molecule has 3 N–H and O–H groups in total. The smallest absolute Gasteiger partial charge is 0.311 e. The van der Waals surface area contributed by atoms with Crippen LogP contribution in [0.3, 0.4) is 0 Å². The summed E-state index contributed by atoms with van der Waals surface area (Å²) in [5.74, 6) is -1.18. The molecule has 0 aromatic carbocycles. The molecule has 0 spiro atoms. The predicted molar refractivity (Wildman–Crippen MR) is 61.8 cm³/mol. The molecule has 1 aromatic heterocycles. The van der Waals surface area contributed by atoms with Gasteiger partial charge in [-0.05, 0) is 19.8 Å². The standard InChI is InChI=1S/C11H16N4O3/c1-11(10(17)18)5-3-2-4-7(11)14-9(16)8-12-6-13-15-8/h6-7H,2-5H2,1H3,(H,14,16)(H,17,18)(H,12,13,15). The van der Waals surface area contributed by atoms with Crippen molar-refractivity contribution in [2.24, 2.45) is 5.41 Å². The number of carbonyl (C=O) groups is 2. The van der Waals surface area contributed by atoms with E-state index in [9.17, 15) is 14.7 Å². The fourth-order valence-corrected chi connectivity index (χ4v) is 2.36. The second-order valence-corrected chi connectivity index (χ2v) is 4.83. The molecule has 7 nitrogen and oxygen atoms in total. The van der Waals surface area contributed by atoms with E-state index in [1.807, 2.05) is 0 Å². The number of nitrogens with one attached hydrogen (secondary N) is 2. The van der Waals surface area contributed by atoms with E-state index in [1.165, 1.54) is 6.33 Å². The summed E-state index contributed by atoms with van der Waals surface area (Å²) in [6, 6.07) is -0.374. The van der Waals surface area contributed by atoms with Crippen molar-refractivity contribution in [3.8, 4) is 0 Å². The molecular formula is C11H16N4O3. The number of amides is 1. The van der Waals surface area contributed by atoms with Crippen molar-refractivity contribution < 1.29 is 14.7 Å². The van der Waals surface area contributed by atoms with Gasteiger partial charge in [0, 0.05) is 6.04 Å². The third-order valence-corrected chi connectivity index (χ3v) is 3.63. The van der Waals surface area contributed by atoms with Crippen LogP contribution in [0.1, 0.15) is 43.2 Å². The van der Waals surface area contributed by atoms with Crippen LogP contribution in [-0.2, 0) is 4.79 Å². The lowest BCUT2D eigenvalue weighted by atomic mass is 9.71. The van der Waals surface area contributed by atoms with Crippen LogP contribution in [0.2, 0.25) is 0 Å². The van der Waals surface area contributed by atoms with Gasteiger partial charge in [-0.3, -0.25) is 14.7 Å². The highest BCUT2D eigenvalue weighted by Crippen LogP contribution is 2.36. The molecule has 1 aliphatic rings. The topological polar surface area (TPSA) is 108 Å². The van der Waals surface area contributed by atoms with E-state index in [-0.39, 0.29) is 11.9 Å². The molecule has 0 bridgehead atoms. The second kappa shape index (κ2) is 4.75. The Morgan fingerprint density at radius 3 is 2.94 bits per heavy atom. The van der Waals surface area contributed by atoms with Gasteiger partial charge in [-0.2, -0.15) is 5.10 Å². The predicted octanol–water partition coefficient (Wildman–Crippen LogP) is 0.568. The third kappa shape index (κ3) is 2.20. The Morgan fingerprint density at radius 1 is 1.56 bits per heavy atom. The van der Waals surface area contributed by atoms with Gasteiger partial charge in [0.2, 0.25) is 5.82 Å². The number of carboxylic acid groups (broad SMARTS) is 1. The van der Waals surface area contributed by atoms with Crippen LogP contribution in [0, 0.1) is 5.41 Å². The molecule has 0 aliphatic heterocycles. The maximum Gasteiger partial charge on any atom is 0.311 e. The van der Waals surface area contributed by atoms with Crippen LogP contribution in [0.5, 0.6) is 0 Å². The van der Waals surface area contributed by atoms with Gasteiger partial charge in [-0.1, -0.05) is 12.8 Å². The van der Waals surface area contributed by atoms with Crippen molar-refractivity contribution in [2.45, 2.75) is 38.6 Å². The van der Waals surface area contributed by atoms with E-state index in [1.54, 1.807) is 6.92 Å². The Bertz CT molecular complexity index is 445. The highest BCUT2D eigenvalue weighted by atomic mass is 16.4. The number of rotatable bonds is 3. The minimum absolute atomic E-state index is 0.105. The normalized spacial score (nSPS) is 27.7. The lowest BCUT2D eigenvalue weighted by molar-refractivity contribution is -0.151. The van der Waals surface area contributed by atoms with Crippen LogP contribution in [0.25, 0.3) is 0 Å². The highest BCUT2D eigenvalue weighted by molar-refractivity contribution is 5.91. The van der Waals surface area contributed by atoms with Gasteiger partial charge in [0.1, 0.15) is 6.33 Å². The van der Waals surface area contributed by atoms with Gasteiger partial charge in [-0.15, -0.1) is 0 Å². The minimum Gasteiger partial charge on any atom is -0.481 e. The SMILES string of the molecule is CC1(C(=O)O)CCCCC1NC(=O)c1ncn[nH]1. The molecule has 0 saturated heterocycles. The first-order valence-electron chi connectivity index (χ1n) is 5.93. The van der Waals surface area contributed by atoms with E-state index >= 15 is 0 Å². The number of nitrogens with zero attached hydrogens (tertiary/aromatic N) is 2. The Labute approximate surface area is 104 Å². The zero-order valence-corrected chi connectivity index (χ0v) is 10.1. The quantitative estimate of drug-likeness (QED) is 0.728. The van der Waals surface area contributed by atoms with Gasteiger partial charge in [0.25, 0.3) is 5.91 Å². The van der Waals surface area contributed by atoms with Crippen molar-refractivity contribution in [1.29, 1.82) is 0 Å². The monoisotopic (exact) mass is 252 g/mol. The number of hydrogen-bond acceptors (Lipinski definition) is 4. The molecule has 2 rings (SSSR count). The molecule has 1 heterocycles. The molecule has 1 amide bonds. The molecule has 7 heteroatoms. The van der Waals surface area contributed by atoms with Gasteiger partial charge in [-0.25, -0.2) is 4.98 Å². The second-order valence-electron chi connectivity index (χ2n) is 4.83. The maximum absolute atomic E-state index is 11.8. The van der Waals surface area contributed by atoms with Crippen molar-refractivity contribution in [3.63, 3.8) is 0 Å². The Balaban J connectivity index is 2.11. The van der Waals surface area contributed by atoms with Gasteiger partial charge < -0.3 is 10.4 Å². The average molecular weight is 252 g/mol. The first-order valence-corrected chi connectivity index (χ1v) is 5.93. The van der Waals surface area contributed by atoms with Crippen LogP contribution < -0.4 is 5.32 Å². The molecule has 98 valence electrons. The summed E-state index contributed by atoms with van der Waals surface area (Å²) in [6.45, 7) is 1.68. The Hall–Kier alpha value is -1.92.